The molecule has 4 heteroatoms. The van der Waals surface area contributed by atoms with E-state index in [2.05, 4.69) is 5.32 Å². The second-order valence-electron chi connectivity index (χ2n) is 5.93. The molecule has 2 unspecified atom stereocenters. The third-order valence-electron chi connectivity index (χ3n) is 3.94. The predicted molar refractivity (Wildman–Crippen MR) is 94.3 cm³/mol. The number of amides is 1. The van der Waals surface area contributed by atoms with Gasteiger partial charge in [-0.15, -0.1) is 0 Å². The standard InChI is InChI=1S/C20H23NO3/c1-13-8-5-6-11-19(13)14(2)21-20(23)16(4)24-18-10-7-9-17(12-18)15(3)22/h5-12,14,16H,1-4H3,(H,21,23). The highest BCUT2D eigenvalue weighted by Crippen LogP contribution is 2.18. The summed E-state index contributed by atoms with van der Waals surface area (Å²) < 4.78 is 5.67. The van der Waals surface area contributed by atoms with Gasteiger partial charge in [0.05, 0.1) is 6.04 Å². The van der Waals surface area contributed by atoms with Gasteiger partial charge in [0.1, 0.15) is 5.75 Å². The number of hydrogen-bond donors (Lipinski definition) is 1. The zero-order valence-electron chi connectivity index (χ0n) is 14.5. The molecule has 2 atom stereocenters. The van der Waals surface area contributed by atoms with Gasteiger partial charge in [0, 0.05) is 5.56 Å². The van der Waals surface area contributed by atoms with Crippen molar-refractivity contribution in [1.82, 2.24) is 5.32 Å². The first-order chi connectivity index (χ1) is 11.4. The molecule has 0 aliphatic heterocycles. The molecule has 1 N–H and O–H groups in total. The Morgan fingerprint density at radius 3 is 2.42 bits per heavy atom. The van der Waals surface area contributed by atoms with Crippen molar-refractivity contribution in [2.45, 2.75) is 39.8 Å². The Hall–Kier alpha value is -2.62. The van der Waals surface area contributed by atoms with Gasteiger partial charge in [0.15, 0.2) is 11.9 Å². The topological polar surface area (TPSA) is 55.4 Å². The van der Waals surface area contributed by atoms with Crippen LogP contribution in [0.1, 0.15) is 48.3 Å². The van der Waals surface area contributed by atoms with Crippen molar-refractivity contribution in [3.63, 3.8) is 0 Å². The maximum atomic E-state index is 12.4. The van der Waals surface area contributed by atoms with Crippen molar-refractivity contribution in [3.8, 4) is 5.75 Å². The van der Waals surface area contributed by atoms with Crippen LogP contribution in [-0.2, 0) is 4.79 Å². The van der Waals surface area contributed by atoms with Gasteiger partial charge in [-0.2, -0.15) is 0 Å². The summed E-state index contributed by atoms with van der Waals surface area (Å²) in [6.45, 7) is 7.16. The Bertz CT molecular complexity index is 739. The minimum absolute atomic E-state index is 0.0364. The molecule has 126 valence electrons. The molecule has 0 aromatic heterocycles. The van der Waals surface area contributed by atoms with Gasteiger partial charge in [-0.05, 0) is 51.0 Å². The molecule has 0 fully saturated rings. The van der Waals surface area contributed by atoms with E-state index in [-0.39, 0.29) is 17.7 Å². The highest BCUT2D eigenvalue weighted by atomic mass is 16.5. The zero-order valence-corrected chi connectivity index (χ0v) is 14.5. The first kappa shape index (κ1) is 17.7. The van der Waals surface area contributed by atoms with Crippen molar-refractivity contribution >= 4 is 11.7 Å². The lowest BCUT2D eigenvalue weighted by molar-refractivity contribution is -0.127. The van der Waals surface area contributed by atoms with E-state index in [0.29, 0.717) is 11.3 Å². The number of ether oxygens (including phenoxy) is 1. The van der Waals surface area contributed by atoms with Crippen LogP contribution in [0.3, 0.4) is 0 Å². The molecule has 0 spiro atoms. The molecule has 4 nitrogen and oxygen atoms in total. The van der Waals surface area contributed by atoms with Crippen LogP contribution in [0.15, 0.2) is 48.5 Å². The number of carbonyl (C=O) groups is 2. The number of carbonyl (C=O) groups excluding carboxylic acids is 2. The van der Waals surface area contributed by atoms with Gasteiger partial charge in [0.2, 0.25) is 0 Å². The van der Waals surface area contributed by atoms with Crippen molar-refractivity contribution in [2.75, 3.05) is 0 Å². The molecule has 1 amide bonds. The van der Waals surface area contributed by atoms with Crippen molar-refractivity contribution < 1.29 is 14.3 Å². The predicted octanol–water partition coefficient (Wildman–Crippen LogP) is 3.84. The molecule has 2 aromatic carbocycles. The van der Waals surface area contributed by atoms with E-state index in [1.54, 1.807) is 31.2 Å². The first-order valence-corrected chi connectivity index (χ1v) is 8.02. The fraction of sp³-hybridized carbons (Fsp3) is 0.300. The molecule has 0 radical (unpaired) electrons. The van der Waals surface area contributed by atoms with Crippen LogP contribution in [0.2, 0.25) is 0 Å². The fourth-order valence-electron chi connectivity index (χ4n) is 2.53. The summed E-state index contributed by atoms with van der Waals surface area (Å²) >= 11 is 0. The summed E-state index contributed by atoms with van der Waals surface area (Å²) in [7, 11) is 0. The Labute approximate surface area is 142 Å². The van der Waals surface area contributed by atoms with E-state index in [9.17, 15) is 9.59 Å². The number of hydrogen-bond acceptors (Lipinski definition) is 3. The Kier molecular flexibility index (Phi) is 5.74. The van der Waals surface area contributed by atoms with Gasteiger partial charge < -0.3 is 10.1 Å². The van der Waals surface area contributed by atoms with Crippen molar-refractivity contribution in [3.05, 3.63) is 65.2 Å². The van der Waals surface area contributed by atoms with E-state index >= 15 is 0 Å². The van der Waals surface area contributed by atoms with Crippen LogP contribution in [0.4, 0.5) is 0 Å². The molecule has 0 saturated carbocycles. The van der Waals surface area contributed by atoms with Gasteiger partial charge in [-0.1, -0.05) is 36.4 Å². The minimum Gasteiger partial charge on any atom is -0.481 e. The summed E-state index contributed by atoms with van der Waals surface area (Å²) in [6.07, 6.45) is -0.654. The normalized spacial score (nSPS) is 13.0. The zero-order chi connectivity index (χ0) is 17.7. The second-order valence-corrected chi connectivity index (χ2v) is 5.93. The largest absolute Gasteiger partial charge is 0.481 e. The highest BCUT2D eigenvalue weighted by Gasteiger charge is 2.18. The number of ketones is 1. The summed E-state index contributed by atoms with van der Waals surface area (Å²) in [5, 5.41) is 2.96. The van der Waals surface area contributed by atoms with E-state index in [0.717, 1.165) is 11.1 Å². The SMILES string of the molecule is CC(=O)c1cccc(OC(C)C(=O)NC(C)c2ccccc2C)c1. The summed E-state index contributed by atoms with van der Waals surface area (Å²) in [5.74, 6) is 0.276. The number of nitrogens with one attached hydrogen (secondary N) is 1. The monoisotopic (exact) mass is 325 g/mol. The Morgan fingerprint density at radius 2 is 1.75 bits per heavy atom. The van der Waals surface area contributed by atoms with E-state index in [1.165, 1.54) is 6.92 Å². The highest BCUT2D eigenvalue weighted by molar-refractivity contribution is 5.94. The average molecular weight is 325 g/mol. The van der Waals surface area contributed by atoms with Gasteiger partial charge in [-0.3, -0.25) is 9.59 Å². The maximum Gasteiger partial charge on any atom is 0.261 e. The minimum atomic E-state index is -0.654. The Balaban J connectivity index is 2.01. The fourth-order valence-corrected chi connectivity index (χ4v) is 2.53. The number of Topliss-reactive ketones (excluding diaryl/α,β-unsaturated/α-hetero) is 1. The molecule has 24 heavy (non-hydrogen) atoms. The summed E-state index contributed by atoms with van der Waals surface area (Å²) in [6, 6.07) is 14.7. The lowest BCUT2D eigenvalue weighted by atomic mass is 10.0. The van der Waals surface area contributed by atoms with Gasteiger partial charge in [0.25, 0.3) is 5.91 Å². The second kappa shape index (κ2) is 7.77. The van der Waals surface area contributed by atoms with Crippen LogP contribution >= 0.6 is 0 Å². The van der Waals surface area contributed by atoms with Crippen LogP contribution < -0.4 is 10.1 Å². The Morgan fingerprint density at radius 1 is 1.04 bits per heavy atom. The number of benzene rings is 2. The van der Waals surface area contributed by atoms with Crippen molar-refractivity contribution in [2.24, 2.45) is 0 Å². The quantitative estimate of drug-likeness (QED) is 0.821. The van der Waals surface area contributed by atoms with Crippen molar-refractivity contribution in [1.29, 1.82) is 0 Å². The van der Waals surface area contributed by atoms with E-state index in [4.69, 9.17) is 4.74 Å². The number of rotatable bonds is 6. The molecule has 0 aliphatic rings. The third kappa shape index (κ3) is 4.44. The van der Waals surface area contributed by atoms with Crippen LogP contribution in [0.5, 0.6) is 5.75 Å². The maximum absolute atomic E-state index is 12.4. The molecule has 0 heterocycles. The number of aryl methyl sites for hydroxylation is 1. The summed E-state index contributed by atoms with van der Waals surface area (Å²) in [5.41, 5.74) is 2.78. The van der Waals surface area contributed by atoms with Gasteiger partial charge in [-0.25, -0.2) is 0 Å². The lowest BCUT2D eigenvalue weighted by Crippen LogP contribution is -2.38. The molecular weight excluding hydrogens is 302 g/mol. The molecule has 0 aliphatic carbocycles. The molecule has 0 saturated heterocycles. The third-order valence-corrected chi connectivity index (χ3v) is 3.94. The van der Waals surface area contributed by atoms with Crippen LogP contribution in [0, 0.1) is 6.92 Å². The van der Waals surface area contributed by atoms with Crippen LogP contribution in [0.25, 0.3) is 0 Å². The average Bonchev–Trinajstić information content (AvgIpc) is 2.55. The molecular formula is C20H23NO3. The van der Waals surface area contributed by atoms with E-state index < -0.39 is 6.10 Å². The lowest BCUT2D eigenvalue weighted by Gasteiger charge is -2.20. The molecule has 2 aromatic rings. The molecule has 0 bridgehead atoms. The van der Waals surface area contributed by atoms with Crippen LogP contribution in [-0.4, -0.2) is 17.8 Å². The first-order valence-electron chi connectivity index (χ1n) is 8.02. The smallest absolute Gasteiger partial charge is 0.261 e. The van der Waals surface area contributed by atoms with E-state index in [1.807, 2.05) is 38.1 Å². The summed E-state index contributed by atoms with van der Waals surface area (Å²) in [4.78, 5) is 23.8. The van der Waals surface area contributed by atoms with Gasteiger partial charge >= 0.3 is 0 Å². The molecule has 2 rings (SSSR count).